The number of fused-ring (bicyclic) bond motifs is 1. The maximum Gasteiger partial charge on any atom is 0.250 e. The summed E-state index contributed by atoms with van der Waals surface area (Å²) in [4.78, 5) is 12.1. The Morgan fingerprint density at radius 2 is 1.76 bits per heavy atom. The van der Waals surface area contributed by atoms with Gasteiger partial charge in [-0.3, -0.25) is 10.1 Å². The normalized spacial score (nSPS) is 12.6. The van der Waals surface area contributed by atoms with Crippen LogP contribution in [0.4, 0.5) is 5.69 Å². The molecule has 0 aliphatic carbocycles. The molecule has 4 rings (SSSR count). The summed E-state index contributed by atoms with van der Waals surface area (Å²) in [7, 11) is 0. The molecule has 0 bridgehead atoms. The fourth-order valence-electron chi connectivity index (χ4n) is 2.79. The molecule has 6 nitrogen and oxygen atoms in total. The minimum absolute atomic E-state index is 0.181. The lowest BCUT2D eigenvalue weighted by atomic mass is 10.2. The van der Waals surface area contributed by atoms with E-state index in [0.29, 0.717) is 36.2 Å². The Morgan fingerprint density at radius 3 is 2.59 bits per heavy atom. The number of nitrogens with one attached hydrogen (secondary N) is 2. The van der Waals surface area contributed by atoms with Crippen molar-refractivity contribution in [3.8, 4) is 22.8 Å². The minimum atomic E-state index is -0.363. The van der Waals surface area contributed by atoms with E-state index in [1.807, 2.05) is 36.4 Å². The van der Waals surface area contributed by atoms with Gasteiger partial charge in [0, 0.05) is 23.4 Å². The lowest BCUT2D eigenvalue weighted by Crippen LogP contribution is -2.32. The molecule has 0 spiro atoms. The third-order valence-electron chi connectivity index (χ3n) is 4.12. The summed E-state index contributed by atoms with van der Waals surface area (Å²) in [6.07, 6.45) is 2.96. The molecular formula is C22H18N2O4S. The third-order valence-corrected chi connectivity index (χ3v) is 4.32. The highest BCUT2D eigenvalue weighted by Crippen LogP contribution is 2.32. The van der Waals surface area contributed by atoms with Gasteiger partial charge in [0.1, 0.15) is 24.7 Å². The molecule has 0 saturated heterocycles. The number of ether oxygens (including phenoxy) is 2. The fraction of sp³-hybridized carbons (Fsp3) is 0.0909. The van der Waals surface area contributed by atoms with Crippen molar-refractivity contribution in [2.75, 3.05) is 18.5 Å². The average molecular weight is 406 g/mol. The van der Waals surface area contributed by atoms with Crippen molar-refractivity contribution in [3.05, 3.63) is 72.5 Å². The van der Waals surface area contributed by atoms with E-state index in [2.05, 4.69) is 10.6 Å². The maximum absolute atomic E-state index is 12.1. The fourth-order valence-corrected chi connectivity index (χ4v) is 3.01. The Labute approximate surface area is 173 Å². The van der Waals surface area contributed by atoms with Crippen LogP contribution in [-0.4, -0.2) is 24.2 Å². The zero-order chi connectivity index (χ0) is 20.1. The molecule has 0 saturated carbocycles. The van der Waals surface area contributed by atoms with Crippen LogP contribution in [0.15, 0.2) is 71.2 Å². The van der Waals surface area contributed by atoms with Crippen molar-refractivity contribution in [3.63, 3.8) is 0 Å². The van der Waals surface area contributed by atoms with E-state index >= 15 is 0 Å². The van der Waals surface area contributed by atoms with Gasteiger partial charge < -0.3 is 19.2 Å². The summed E-state index contributed by atoms with van der Waals surface area (Å²) in [5.41, 5.74) is 1.67. The van der Waals surface area contributed by atoms with Crippen molar-refractivity contribution in [2.45, 2.75) is 0 Å². The molecule has 1 aliphatic heterocycles. The first-order valence-electron chi connectivity index (χ1n) is 9.02. The van der Waals surface area contributed by atoms with Crippen molar-refractivity contribution >= 4 is 35.0 Å². The monoisotopic (exact) mass is 406 g/mol. The van der Waals surface area contributed by atoms with Gasteiger partial charge in [-0.15, -0.1) is 0 Å². The molecule has 0 radical (unpaired) electrons. The second-order valence-corrected chi connectivity index (χ2v) is 6.61. The highest BCUT2D eigenvalue weighted by Gasteiger charge is 2.12. The van der Waals surface area contributed by atoms with Crippen LogP contribution in [0.25, 0.3) is 17.4 Å². The molecule has 1 aromatic heterocycles. The predicted molar refractivity (Wildman–Crippen MR) is 115 cm³/mol. The molecule has 1 aliphatic rings. The SMILES string of the molecule is O=C(/C=C/c1ccc(-c2ccccc2)o1)NC(=S)Nc1ccc2c(c1)OCCO2. The molecule has 0 fully saturated rings. The van der Waals surface area contributed by atoms with Gasteiger partial charge in [0.05, 0.1) is 0 Å². The van der Waals surface area contributed by atoms with E-state index in [9.17, 15) is 4.79 Å². The number of amides is 1. The van der Waals surface area contributed by atoms with Crippen LogP contribution < -0.4 is 20.1 Å². The van der Waals surface area contributed by atoms with Crippen LogP contribution in [0, 0.1) is 0 Å². The van der Waals surface area contributed by atoms with Crippen LogP contribution in [0.1, 0.15) is 5.76 Å². The van der Waals surface area contributed by atoms with Crippen molar-refractivity contribution in [1.29, 1.82) is 0 Å². The van der Waals surface area contributed by atoms with Gasteiger partial charge in [-0.25, -0.2) is 0 Å². The van der Waals surface area contributed by atoms with Gasteiger partial charge in [0.25, 0.3) is 0 Å². The van der Waals surface area contributed by atoms with Gasteiger partial charge in [-0.1, -0.05) is 30.3 Å². The summed E-state index contributed by atoms with van der Waals surface area (Å²) in [6, 6.07) is 18.8. The number of hydrogen-bond donors (Lipinski definition) is 2. The zero-order valence-corrected chi connectivity index (χ0v) is 16.2. The van der Waals surface area contributed by atoms with E-state index in [-0.39, 0.29) is 11.0 Å². The Morgan fingerprint density at radius 1 is 0.966 bits per heavy atom. The summed E-state index contributed by atoms with van der Waals surface area (Å²) in [6.45, 7) is 1.03. The zero-order valence-electron chi connectivity index (χ0n) is 15.4. The summed E-state index contributed by atoms with van der Waals surface area (Å²) in [5, 5.41) is 5.73. The third kappa shape index (κ3) is 4.83. The Kier molecular flexibility index (Phi) is 5.58. The Balaban J connectivity index is 1.32. The van der Waals surface area contributed by atoms with E-state index in [1.165, 1.54) is 6.08 Å². The molecule has 0 unspecified atom stereocenters. The number of furan rings is 1. The van der Waals surface area contributed by atoms with E-state index in [4.69, 9.17) is 26.1 Å². The minimum Gasteiger partial charge on any atom is -0.486 e. The number of carbonyl (C=O) groups is 1. The van der Waals surface area contributed by atoms with Crippen molar-refractivity contribution in [2.24, 2.45) is 0 Å². The number of anilines is 1. The average Bonchev–Trinajstić information content (AvgIpc) is 3.22. The molecule has 146 valence electrons. The lowest BCUT2D eigenvalue weighted by Gasteiger charge is -2.19. The topological polar surface area (TPSA) is 72.7 Å². The first kappa shape index (κ1) is 18.8. The number of thiocarbonyl (C=S) groups is 1. The maximum atomic E-state index is 12.1. The molecule has 7 heteroatoms. The van der Waals surface area contributed by atoms with Crippen LogP contribution in [-0.2, 0) is 4.79 Å². The van der Waals surface area contributed by atoms with Gasteiger partial charge in [-0.05, 0) is 42.6 Å². The van der Waals surface area contributed by atoms with E-state index < -0.39 is 0 Å². The lowest BCUT2D eigenvalue weighted by molar-refractivity contribution is -0.115. The van der Waals surface area contributed by atoms with Crippen molar-refractivity contribution in [1.82, 2.24) is 5.32 Å². The summed E-state index contributed by atoms with van der Waals surface area (Å²) >= 11 is 5.19. The first-order chi connectivity index (χ1) is 14.2. The van der Waals surface area contributed by atoms with Crippen LogP contribution >= 0.6 is 12.2 Å². The number of benzene rings is 2. The summed E-state index contributed by atoms with van der Waals surface area (Å²) < 4.78 is 16.7. The molecule has 2 N–H and O–H groups in total. The second-order valence-electron chi connectivity index (χ2n) is 6.20. The highest BCUT2D eigenvalue weighted by atomic mass is 32.1. The van der Waals surface area contributed by atoms with Gasteiger partial charge in [0.15, 0.2) is 16.6 Å². The molecule has 3 aromatic rings. The quantitative estimate of drug-likeness (QED) is 0.499. The standard InChI is InChI=1S/C22H18N2O4S/c25-21(11-8-17-7-10-18(28-17)15-4-2-1-3-5-15)24-22(29)23-16-6-9-19-20(14-16)27-13-12-26-19/h1-11,14H,12-13H2,(H2,23,24,25,29)/b11-8+. The smallest absolute Gasteiger partial charge is 0.250 e. The van der Waals surface area contributed by atoms with E-state index in [0.717, 1.165) is 11.3 Å². The number of rotatable bonds is 4. The Bertz CT molecular complexity index is 1060. The van der Waals surface area contributed by atoms with Gasteiger partial charge >= 0.3 is 0 Å². The van der Waals surface area contributed by atoms with Gasteiger partial charge in [0.2, 0.25) is 5.91 Å². The number of carbonyl (C=O) groups excluding carboxylic acids is 1. The molecular weight excluding hydrogens is 388 g/mol. The highest BCUT2D eigenvalue weighted by molar-refractivity contribution is 7.80. The van der Waals surface area contributed by atoms with Gasteiger partial charge in [-0.2, -0.15) is 0 Å². The van der Waals surface area contributed by atoms with Crippen LogP contribution in [0.3, 0.4) is 0 Å². The molecule has 2 aromatic carbocycles. The predicted octanol–water partition coefficient (Wildman–Crippen LogP) is 4.24. The van der Waals surface area contributed by atoms with E-state index in [1.54, 1.807) is 30.3 Å². The van der Waals surface area contributed by atoms with Crippen LogP contribution in [0.5, 0.6) is 11.5 Å². The molecule has 29 heavy (non-hydrogen) atoms. The Hall–Kier alpha value is -3.58. The molecule has 1 amide bonds. The molecule has 2 heterocycles. The van der Waals surface area contributed by atoms with Crippen molar-refractivity contribution < 1.29 is 18.7 Å². The summed E-state index contributed by atoms with van der Waals surface area (Å²) in [5.74, 6) is 2.28. The van der Waals surface area contributed by atoms with Crippen LogP contribution in [0.2, 0.25) is 0 Å². The first-order valence-corrected chi connectivity index (χ1v) is 9.43. The molecule has 0 atom stereocenters. The number of hydrogen-bond acceptors (Lipinski definition) is 5. The second kappa shape index (κ2) is 8.62. The largest absolute Gasteiger partial charge is 0.486 e.